The van der Waals surface area contributed by atoms with E-state index in [-0.39, 0.29) is 18.0 Å². The van der Waals surface area contributed by atoms with E-state index in [0.717, 1.165) is 11.1 Å². The maximum atomic E-state index is 13.2. The molecular formula is C25H26N4O5. The van der Waals surface area contributed by atoms with Crippen LogP contribution in [0.2, 0.25) is 0 Å². The van der Waals surface area contributed by atoms with Crippen molar-refractivity contribution in [3.8, 4) is 22.6 Å². The Balaban J connectivity index is 1.48. The number of benzene rings is 2. The van der Waals surface area contributed by atoms with Crippen LogP contribution in [-0.4, -0.2) is 54.7 Å². The lowest BCUT2D eigenvalue weighted by molar-refractivity contribution is -0.117. The van der Waals surface area contributed by atoms with Crippen LogP contribution in [0.1, 0.15) is 19.9 Å². The van der Waals surface area contributed by atoms with Crippen LogP contribution in [0.25, 0.3) is 11.1 Å². The highest BCUT2D eigenvalue weighted by molar-refractivity contribution is 6.03. The SMILES string of the molecule is COc1ccc(OC(=O)N2CC(C)N(C(C)=O)c3ccc(-c4cnn(C5COC5)c4)cc32)cc1. The molecule has 1 unspecified atom stereocenters. The molecule has 1 saturated heterocycles. The number of ether oxygens (including phenoxy) is 3. The lowest BCUT2D eigenvalue weighted by Gasteiger charge is -2.40. The molecule has 34 heavy (non-hydrogen) atoms. The average molecular weight is 463 g/mol. The van der Waals surface area contributed by atoms with Gasteiger partial charge in [-0.2, -0.15) is 5.10 Å². The van der Waals surface area contributed by atoms with Gasteiger partial charge in [0, 0.05) is 25.2 Å². The number of carbonyl (C=O) groups excluding carboxylic acids is 2. The van der Waals surface area contributed by atoms with E-state index >= 15 is 0 Å². The maximum absolute atomic E-state index is 13.2. The Kier molecular flexibility index (Phi) is 5.70. The Hall–Kier alpha value is -3.85. The molecule has 9 nitrogen and oxygen atoms in total. The Morgan fingerprint density at radius 1 is 1.03 bits per heavy atom. The van der Waals surface area contributed by atoms with Crippen LogP contribution in [-0.2, 0) is 9.53 Å². The van der Waals surface area contributed by atoms with Gasteiger partial charge in [-0.05, 0) is 48.9 Å². The molecule has 3 aromatic rings. The number of anilines is 2. The minimum Gasteiger partial charge on any atom is -0.497 e. The first kappa shape index (κ1) is 22.0. The van der Waals surface area contributed by atoms with E-state index in [1.165, 1.54) is 6.92 Å². The van der Waals surface area contributed by atoms with Gasteiger partial charge < -0.3 is 19.1 Å². The fraction of sp³-hybridized carbons (Fsp3) is 0.320. The average Bonchev–Trinajstić information content (AvgIpc) is 3.26. The molecule has 0 aliphatic carbocycles. The van der Waals surface area contributed by atoms with Gasteiger partial charge >= 0.3 is 6.09 Å². The summed E-state index contributed by atoms with van der Waals surface area (Å²) in [5, 5.41) is 4.46. The standard InChI is InChI=1S/C25H26N4O5/c1-16-12-27(25(31)34-22-7-5-21(32-3)6-8-22)24-10-18(4-9-23(24)29(16)17(2)30)19-11-26-28(13-19)20-14-33-15-20/h4-11,13,16,20H,12,14-15H2,1-3H3. The summed E-state index contributed by atoms with van der Waals surface area (Å²) < 4.78 is 18.0. The first-order chi connectivity index (χ1) is 16.4. The molecule has 3 heterocycles. The van der Waals surface area contributed by atoms with Crippen LogP contribution in [0.15, 0.2) is 54.9 Å². The predicted molar refractivity (Wildman–Crippen MR) is 127 cm³/mol. The van der Waals surface area contributed by atoms with E-state index in [9.17, 15) is 9.59 Å². The second-order valence-electron chi connectivity index (χ2n) is 8.50. The van der Waals surface area contributed by atoms with Crippen molar-refractivity contribution in [3.63, 3.8) is 0 Å². The van der Waals surface area contributed by atoms with E-state index in [1.54, 1.807) is 47.4 Å². The van der Waals surface area contributed by atoms with E-state index in [4.69, 9.17) is 14.2 Å². The number of hydrogen-bond donors (Lipinski definition) is 0. The molecular weight excluding hydrogens is 436 g/mol. The number of methoxy groups -OCH3 is 1. The fourth-order valence-electron chi connectivity index (χ4n) is 4.32. The van der Waals surface area contributed by atoms with Gasteiger partial charge in [0.1, 0.15) is 11.5 Å². The number of aromatic nitrogens is 2. The smallest absolute Gasteiger partial charge is 0.419 e. The zero-order chi connectivity index (χ0) is 23.8. The minimum absolute atomic E-state index is 0.0810. The predicted octanol–water partition coefficient (Wildman–Crippen LogP) is 3.89. The van der Waals surface area contributed by atoms with Gasteiger partial charge in [0.2, 0.25) is 5.91 Å². The molecule has 2 aliphatic rings. The summed E-state index contributed by atoms with van der Waals surface area (Å²) in [6.07, 6.45) is 3.26. The molecule has 0 bridgehead atoms. The highest BCUT2D eigenvalue weighted by atomic mass is 16.6. The Labute approximate surface area is 197 Å². The van der Waals surface area contributed by atoms with Crippen molar-refractivity contribution in [1.82, 2.24) is 9.78 Å². The molecule has 9 heteroatoms. The largest absolute Gasteiger partial charge is 0.497 e. The first-order valence-electron chi connectivity index (χ1n) is 11.1. The van der Waals surface area contributed by atoms with E-state index in [2.05, 4.69) is 5.10 Å². The molecule has 0 radical (unpaired) electrons. The minimum atomic E-state index is -0.513. The van der Waals surface area contributed by atoms with Gasteiger partial charge in [-0.15, -0.1) is 0 Å². The highest BCUT2D eigenvalue weighted by Gasteiger charge is 2.35. The summed E-state index contributed by atoms with van der Waals surface area (Å²) in [7, 11) is 1.58. The molecule has 2 aromatic carbocycles. The van der Waals surface area contributed by atoms with Crippen LogP contribution in [0, 0.1) is 0 Å². The molecule has 0 saturated carbocycles. The summed E-state index contributed by atoms with van der Waals surface area (Å²) in [5.41, 5.74) is 3.10. The van der Waals surface area contributed by atoms with Gasteiger partial charge in [0.25, 0.3) is 0 Å². The fourth-order valence-corrected chi connectivity index (χ4v) is 4.32. The number of rotatable bonds is 4. The molecule has 5 rings (SSSR count). The van der Waals surface area contributed by atoms with Gasteiger partial charge in [-0.3, -0.25) is 14.4 Å². The van der Waals surface area contributed by atoms with Crippen molar-refractivity contribution < 1.29 is 23.8 Å². The van der Waals surface area contributed by atoms with Crippen LogP contribution >= 0.6 is 0 Å². The van der Waals surface area contributed by atoms with Crippen molar-refractivity contribution in [3.05, 3.63) is 54.9 Å². The van der Waals surface area contributed by atoms with Gasteiger partial charge in [0.05, 0.1) is 50.0 Å². The quantitative estimate of drug-likeness (QED) is 0.585. The zero-order valence-electron chi connectivity index (χ0n) is 19.3. The number of fused-ring (bicyclic) bond motifs is 1. The summed E-state index contributed by atoms with van der Waals surface area (Å²) in [4.78, 5) is 29.0. The Bertz CT molecular complexity index is 1220. The number of hydrogen-bond acceptors (Lipinski definition) is 6. The monoisotopic (exact) mass is 462 g/mol. The number of amides is 2. The normalized spacial score (nSPS) is 17.7. The third kappa shape index (κ3) is 3.99. The third-order valence-electron chi connectivity index (χ3n) is 6.17. The van der Waals surface area contributed by atoms with Gasteiger partial charge in [0.15, 0.2) is 0 Å². The van der Waals surface area contributed by atoms with Crippen LogP contribution < -0.4 is 19.3 Å². The van der Waals surface area contributed by atoms with Crippen molar-refractivity contribution in [1.29, 1.82) is 0 Å². The Morgan fingerprint density at radius 3 is 2.41 bits per heavy atom. The summed E-state index contributed by atoms with van der Waals surface area (Å²) in [6.45, 7) is 5.06. The highest BCUT2D eigenvalue weighted by Crippen LogP contribution is 2.39. The van der Waals surface area contributed by atoms with Crippen molar-refractivity contribution >= 4 is 23.4 Å². The van der Waals surface area contributed by atoms with Crippen molar-refractivity contribution in [2.45, 2.75) is 25.9 Å². The van der Waals surface area contributed by atoms with Crippen LogP contribution in [0.4, 0.5) is 16.2 Å². The molecule has 1 aromatic heterocycles. The van der Waals surface area contributed by atoms with E-state index in [1.807, 2.05) is 36.0 Å². The number of nitrogens with zero attached hydrogens (tertiary/aromatic N) is 4. The molecule has 0 spiro atoms. The van der Waals surface area contributed by atoms with E-state index in [0.29, 0.717) is 42.6 Å². The third-order valence-corrected chi connectivity index (χ3v) is 6.17. The Morgan fingerprint density at radius 2 is 1.76 bits per heavy atom. The topological polar surface area (TPSA) is 86.1 Å². The molecule has 176 valence electrons. The molecule has 2 amide bonds. The maximum Gasteiger partial charge on any atom is 0.419 e. The van der Waals surface area contributed by atoms with Crippen molar-refractivity contribution in [2.75, 3.05) is 36.7 Å². The first-order valence-corrected chi connectivity index (χ1v) is 11.1. The van der Waals surface area contributed by atoms with Gasteiger partial charge in [-0.1, -0.05) is 6.07 Å². The lowest BCUT2D eigenvalue weighted by atomic mass is 10.0. The molecule has 2 aliphatic heterocycles. The molecule has 1 atom stereocenters. The molecule has 1 fully saturated rings. The summed E-state index contributed by atoms with van der Waals surface area (Å²) in [6, 6.07) is 12.6. The van der Waals surface area contributed by atoms with E-state index < -0.39 is 6.09 Å². The van der Waals surface area contributed by atoms with Crippen LogP contribution in [0.5, 0.6) is 11.5 Å². The van der Waals surface area contributed by atoms with Gasteiger partial charge in [-0.25, -0.2) is 4.79 Å². The second-order valence-corrected chi connectivity index (χ2v) is 8.50. The molecule has 0 N–H and O–H groups in total. The summed E-state index contributed by atoms with van der Waals surface area (Å²) >= 11 is 0. The zero-order valence-corrected chi connectivity index (χ0v) is 19.3. The summed E-state index contributed by atoms with van der Waals surface area (Å²) in [5.74, 6) is 1.00. The second kappa shape index (κ2) is 8.83. The van der Waals surface area contributed by atoms with Crippen LogP contribution in [0.3, 0.4) is 0 Å². The lowest BCUT2D eigenvalue weighted by Crippen LogP contribution is -2.52. The number of carbonyl (C=O) groups is 2. The van der Waals surface area contributed by atoms with Crippen molar-refractivity contribution in [2.24, 2.45) is 0 Å².